The smallest absolute Gasteiger partial charge is 0.305 e. The predicted molar refractivity (Wildman–Crippen MR) is 25.2 cm³/mol. The van der Waals surface area contributed by atoms with E-state index in [4.69, 9.17) is 10.8 Å². The van der Waals surface area contributed by atoms with Gasteiger partial charge in [-0.3, -0.25) is 4.79 Å². The normalized spacial score (nSPS) is 12.6. The first-order chi connectivity index (χ1) is 4.04. The Balaban J connectivity index is 3.63. The molecule has 0 spiro atoms. The lowest BCUT2D eigenvalue weighted by molar-refractivity contribution is -0.307. The summed E-state index contributed by atoms with van der Waals surface area (Å²) in [5.74, 6) is -2.79. The number of carbonyl (C=O) groups is 2. The maximum Gasteiger partial charge on any atom is 0.305 e. The van der Waals surface area contributed by atoms with Gasteiger partial charge in [-0.25, -0.2) is 0 Å². The summed E-state index contributed by atoms with van der Waals surface area (Å²) in [6, 6.07) is -1.40. The van der Waals surface area contributed by atoms with Crippen LogP contribution in [0.25, 0.3) is 0 Å². The van der Waals surface area contributed by atoms with E-state index in [1.807, 2.05) is 0 Å². The maximum atomic E-state index is 9.74. The second kappa shape index (κ2) is 3.03. The summed E-state index contributed by atoms with van der Waals surface area (Å²) in [7, 11) is 0. The molecule has 3 N–H and O–H groups in total. The molecule has 0 aliphatic rings. The highest BCUT2D eigenvalue weighted by atomic mass is 16.4. The number of hydrogen-bond acceptors (Lipinski definition) is 4. The van der Waals surface area contributed by atoms with Crippen LogP contribution in [0.1, 0.15) is 6.42 Å². The van der Waals surface area contributed by atoms with Gasteiger partial charge in [-0.15, -0.1) is 0 Å². The van der Waals surface area contributed by atoms with Crippen molar-refractivity contribution in [2.45, 2.75) is 12.5 Å². The number of nitrogens with two attached hydrogens (primary N) is 1. The van der Waals surface area contributed by atoms with Crippen molar-refractivity contribution in [1.29, 1.82) is 0 Å². The molecule has 0 rings (SSSR count). The molecule has 0 aromatic rings. The molecule has 0 heterocycles. The molecule has 0 aliphatic heterocycles. The first-order valence-electron chi connectivity index (χ1n) is 2.22. The van der Waals surface area contributed by atoms with E-state index in [9.17, 15) is 14.7 Å². The minimum absolute atomic E-state index is 0.595. The molecule has 0 aromatic heterocycles. The maximum absolute atomic E-state index is 9.74. The number of carboxylic acids is 2. The van der Waals surface area contributed by atoms with E-state index >= 15 is 0 Å². The highest BCUT2D eigenvalue weighted by Crippen LogP contribution is 1.83. The van der Waals surface area contributed by atoms with Crippen molar-refractivity contribution in [3.05, 3.63) is 0 Å². The number of hydrogen-bond donors (Lipinski definition) is 2. The third kappa shape index (κ3) is 3.48. The standard InChI is InChI=1S/C4H7NO4/c5-2(4(8)9)1-3(6)7/h2H,1,5H2,(H,6,7)(H,8,9)/p-1. The molecule has 0 bridgehead atoms. The van der Waals surface area contributed by atoms with Gasteiger partial charge in [0.15, 0.2) is 0 Å². The van der Waals surface area contributed by atoms with Gasteiger partial charge in [0.2, 0.25) is 0 Å². The highest BCUT2D eigenvalue weighted by molar-refractivity contribution is 5.78. The van der Waals surface area contributed by atoms with Gasteiger partial charge in [-0.05, 0) is 0 Å². The molecule has 1 atom stereocenters. The molecule has 5 nitrogen and oxygen atoms in total. The van der Waals surface area contributed by atoms with Gasteiger partial charge in [0.25, 0.3) is 0 Å². The second-order valence-electron chi connectivity index (χ2n) is 1.52. The summed E-state index contributed by atoms with van der Waals surface area (Å²) in [4.78, 5) is 19.5. The van der Waals surface area contributed by atoms with Crippen LogP contribution in [0.3, 0.4) is 0 Å². The van der Waals surface area contributed by atoms with E-state index in [2.05, 4.69) is 0 Å². The van der Waals surface area contributed by atoms with Crippen LogP contribution in [0.2, 0.25) is 0 Å². The Morgan fingerprint density at radius 1 is 1.67 bits per heavy atom. The fraction of sp³-hybridized carbons (Fsp3) is 0.500. The zero-order chi connectivity index (χ0) is 7.44. The van der Waals surface area contributed by atoms with Crippen LogP contribution >= 0.6 is 0 Å². The monoisotopic (exact) mass is 132 g/mol. The van der Waals surface area contributed by atoms with E-state index < -0.39 is 24.4 Å². The Hall–Kier alpha value is -1.10. The first-order valence-corrected chi connectivity index (χ1v) is 2.22. The summed E-state index contributed by atoms with van der Waals surface area (Å²) in [6.07, 6.45) is -0.595. The summed E-state index contributed by atoms with van der Waals surface area (Å²) >= 11 is 0. The van der Waals surface area contributed by atoms with E-state index in [0.717, 1.165) is 0 Å². The Labute approximate surface area is 51.1 Å². The molecule has 1 unspecified atom stereocenters. The van der Waals surface area contributed by atoms with Crippen LogP contribution < -0.4 is 10.8 Å². The molecule has 0 radical (unpaired) electrons. The van der Waals surface area contributed by atoms with Crippen molar-refractivity contribution < 1.29 is 19.8 Å². The Morgan fingerprint density at radius 3 is 2.22 bits per heavy atom. The lowest BCUT2D eigenvalue weighted by Gasteiger charge is -2.07. The highest BCUT2D eigenvalue weighted by Gasteiger charge is 2.07. The van der Waals surface area contributed by atoms with Crippen LogP contribution in [0.5, 0.6) is 0 Å². The molecule has 0 amide bonds. The summed E-state index contributed by atoms with van der Waals surface area (Å²) in [5.41, 5.74) is 4.77. The molecule has 5 heteroatoms. The molecular formula is C4H6NO4-. The van der Waals surface area contributed by atoms with Crippen molar-refractivity contribution >= 4 is 11.9 Å². The van der Waals surface area contributed by atoms with Gasteiger partial charge in [0.1, 0.15) is 0 Å². The summed E-state index contributed by atoms with van der Waals surface area (Å²) in [6.45, 7) is 0. The van der Waals surface area contributed by atoms with E-state index in [-0.39, 0.29) is 0 Å². The zero-order valence-corrected chi connectivity index (χ0v) is 4.53. The minimum Gasteiger partial charge on any atom is -0.548 e. The Bertz CT molecular complexity index is 133. The lowest BCUT2D eigenvalue weighted by Crippen LogP contribution is -2.43. The van der Waals surface area contributed by atoms with Gasteiger partial charge in [-0.2, -0.15) is 0 Å². The van der Waals surface area contributed by atoms with Gasteiger partial charge < -0.3 is 20.7 Å². The Morgan fingerprint density at radius 2 is 2.11 bits per heavy atom. The average molecular weight is 132 g/mol. The SMILES string of the molecule is NC(CC(=O)O)C(=O)[O-]. The Kier molecular flexibility index (Phi) is 2.66. The van der Waals surface area contributed by atoms with E-state index in [1.165, 1.54) is 0 Å². The zero-order valence-electron chi connectivity index (χ0n) is 4.53. The van der Waals surface area contributed by atoms with Crippen LogP contribution in [-0.4, -0.2) is 23.1 Å². The van der Waals surface area contributed by atoms with Crippen molar-refractivity contribution in [3.8, 4) is 0 Å². The topological polar surface area (TPSA) is 103 Å². The minimum atomic E-state index is -1.54. The van der Waals surface area contributed by atoms with Gasteiger partial charge in [-0.1, -0.05) is 0 Å². The first kappa shape index (κ1) is 7.90. The van der Waals surface area contributed by atoms with Crippen LogP contribution in [0.4, 0.5) is 0 Å². The number of carboxylic acid groups (broad SMARTS) is 2. The molecule has 9 heavy (non-hydrogen) atoms. The molecule has 0 fully saturated rings. The predicted octanol–water partition coefficient (Wildman–Crippen LogP) is -2.46. The number of aliphatic carboxylic acids is 2. The van der Waals surface area contributed by atoms with Crippen molar-refractivity contribution in [1.82, 2.24) is 0 Å². The average Bonchev–Trinajstić information content (AvgIpc) is 1.63. The van der Waals surface area contributed by atoms with E-state index in [1.54, 1.807) is 0 Å². The second-order valence-corrected chi connectivity index (χ2v) is 1.52. The summed E-state index contributed by atoms with van der Waals surface area (Å²) < 4.78 is 0. The fourth-order valence-corrected chi connectivity index (χ4v) is 0.271. The number of rotatable bonds is 3. The van der Waals surface area contributed by atoms with Crippen LogP contribution in [0.15, 0.2) is 0 Å². The molecule has 0 aromatic carbocycles. The quantitative estimate of drug-likeness (QED) is 0.443. The third-order valence-corrected chi connectivity index (χ3v) is 0.697. The lowest BCUT2D eigenvalue weighted by atomic mass is 10.2. The number of carbonyl (C=O) groups excluding carboxylic acids is 1. The molecule has 0 saturated carbocycles. The fourth-order valence-electron chi connectivity index (χ4n) is 0.271. The molecule has 0 aliphatic carbocycles. The van der Waals surface area contributed by atoms with Crippen molar-refractivity contribution in [2.75, 3.05) is 0 Å². The molecule has 52 valence electrons. The van der Waals surface area contributed by atoms with E-state index in [0.29, 0.717) is 0 Å². The third-order valence-electron chi connectivity index (χ3n) is 0.697. The van der Waals surface area contributed by atoms with Gasteiger partial charge in [0, 0.05) is 0 Å². The van der Waals surface area contributed by atoms with Gasteiger partial charge >= 0.3 is 5.97 Å². The van der Waals surface area contributed by atoms with Crippen LogP contribution in [-0.2, 0) is 9.59 Å². The van der Waals surface area contributed by atoms with Crippen molar-refractivity contribution in [2.24, 2.45) is 5.73 Å². The van der Waals surface area contributed by atoms with Crippen molar-refractivity contribution in [3.63, 3.8) is 0 Å². The molecular weight excluding hydrogens is 126 g/mol. The van der Waals surface area contributed by atoms with Gasteiger partial charge in [0.05, 0.1) is 18.4 Å². The molecule has 0 saturated heterocycles. The largest absolute Gasteiger partial charge is 0.548 e. The summed E-state index contributed by atoms with van der Waals surface area (Å²) in [5, 5.41) is 17.7. The van der Waals surface area contributed by atoms with Crippen LogP contribution in [0, 0.1) is 0 Å².